The molecule has 8 heteroatoms. The minimum absolute atomic E-state index is 0.266. The van der Waals surface area contributed by atoms with E-state index >= 15 is 0 Å². The van der Waals surface area contributed by atoms with Crippen LogP contribution in [-0.4, -0.2) is 46.9 Å². The number of aryl methyl sites for hydroxylation is 2. The maximum atomic E-state index is 12.8. The standard InChI is InChI=1S/C22H30N2O5S/c1-6-21(24(30(5,26)27)18-7-9-19(28-4)10-8-18)22(25)23-11-12-29-20-14-16(2)13-17(3)15-20/h7-10,13-15,21H,6,11-12H2,1-5H3,(H,23,25)/t21-/m0/s1. The van der Waals surface area contributed by atoms with E-state index in [1.807, 2.05) is 26.0 Å². The Hall–Kier alpha value is -2.74. The highest BCUT2D eigenvalue weighted by Crippen LogP contribution is 2.25. The number of hydrogen-bond acceptors (Lipinski definition) is 5. The summed E-state index contributed by atoms with van der Waals surface area (Å²) in [5, 5.41) is 2.78. The van der Waals surface area contributed by atoms with E-state index in [1.165, 1.54) is 7.11 Å². The Balaban J connectivity index is 2.05. The Morgan fingerprint density at radius 3 is 2.17 bits per heavy atom. The van der Waals surface area contributed by atoms with Crippen LogP contribution < -0.4 is 19.1 Å². The third-order valence-electron chi connectivity index (χ3n) is 4.52. The molecule has 0 saturated carbocycles. The monoisotopic (exact) mass is 434 g/mol. The number of nitrogens with one attached hydrogen (secondary N) is 1. The number of nitrogens with zero attached hydrogens (tertiary/aromatic N) is 1. The molecule has 0 fully saturated rings. The van der Waals surface area contributed by atoms with Gasteiger partial charge in [-0.15, -0.1) is 0 Å². The summed E-state index contributed by atoms with van der Waals surface area (Å²) >= 11 is 0. The number of amides is 1. The molecule has 2 rings (SSSR count). The zero-order chi connectivity index (χ0) is 22.3. The molecule has 0 heterocycles. The van der Waals surface area contributed by atoms with Crippen molar-refractivity contribution in [1.29, 1.82) is 0 Å². The van der Waals surface area contributed by atoms with Crippen LogP contribution in [-0.2, 0) is 14.8 Å². The van der Waals surface area contributed by atoms with Crippen molar-refractivity contribution < 1.29 is 22.7 Å². The maximum absolute atomic E-state index is 12.8. The normalized spacial score (nSPS) is 12.2. The third-order valence-corrected chi connectivity index (χ3v) is 5.70. The van der Waals surface area contributed by atoms with Gasteiger partial charge in [-0.05, 0) is 67.8 Å². The highest BCUT2D eigenvalue weighted by Gasteiger charge is 2.31. The van der Waals surface area contributed by atoms with Gasteiger partial charge in [-0.25, -0.2) is 8.42 Å². The zero-order valence-corrected chi connectivity index (χ0v) is 19.0. The first kappa shape index (κ1) is 23.5. The number of rotatable bonds is 10. The van der Waals surface area contributed by atoms with Crippen LogP contribution >= 0.6 is 0 Å². The predicted molar refractivity (Wildman–Crippen MR) is 119 cm³/mol. The lowest BCUT2D eigenvalue weighted by molar-refractivity contribution is -0.122. The second kappa shape index (κ2) is 10.3. The highest BCUT2D eigenvalue weighted by molar-refractivity contribution is 7.92. The number of ether oxygens (including phenoxy) is 2. The Labute approximate surface area is 179 Å². The van der Waals surface area contributed by atoms with Crippen LogP contribution in [0.2, 0.25) is 0 Å². The number of methoxy groups -OCH3 is 1. The van der Waals surface area contributed by atoms with E-state index in [9.17, 15) is 13.2 Å². The maximum Gasteiger partial charge on any atom is 0.244 e. The van der Waals surface area contributed by atoms with Crippen molar-refractivity contribution in [2.75, 3.05) is 30.8 Å². The summed E-state index contributed by atoms with van der Waals surface area (Å²) in [5.74, 6) is 0.973. The summed E-state index contributed by atoms with van der Waals surface area (Å²) in [6.07, 6.45) is 1.42. The molecular weight excluding hydrogens is 404 g/mol. The fraction of sp³-hybridized carbons (Fsp3) is 0.409. The van der Waals surface area contributed by atoms with Crippen LogP contribution in [0.15, 0.2) is 42.5 Å². The number of sulfonamides is 1. The van der Waals surface area contributed by atoms with Crippen molar-refractivity contribution >= 4 is 21.6 Å². The molecule has 0 aromatic heterocycles. The summed E-state index contributed by atoms with van der Waals surface area (Å²) in [5.41, 5.74) is 2.61. The molecule has 164 valence electrons. The average molecular weight is 435 g/mol. The second-order valence-electron chi connectivity index (χ2n) is 7.14. The van der Waals surface area contributed by atoms with E-state index < -0.39 is 16.1 Å². The summed E-state index contributed by atoms with van der Waals surface area (Å²) in [6, 6.07) is 11.6. The van der Waals surface area contributed by atoms with Crippen molar-refractivity contribution in [3.8, 4) is 11.5 Å². The molecule has 7 nitrogen and oxygen atoms in total. The van der Waals surface area contributed by atoms with Crippen LogP contribution in [0, 0.1) is 13.8 Å². The van der Waals surface area contributed by atoms with E-state index in [1.54, 1.807) is 31.2 Å². The molecule has 0 bridgehead atoms. The van der Waals surface area contributed by atoms with E-state index in [2.05, 4.69) is 11.4 Å². The Morgan fingerprint density at radius 2 is 1.67 bits per heavy atom. The Kier molecular flexibility index (Phi) is 8.11. The lowest BCUT2D eigenvalue weighted by atomic mass is 10.1. The predicted octanol–water partition coefficient (Wildman–Crippen LogP) is 3.05. The molecular formula is C22H30N2O5S. The van der Waals surface area contributed by atoms with Gasteiger partial charge in [0, 0.05) is 0 Å². The highest BCUT2D eigenvalue weighted by atomic mass is 32.2. The topological polar surface area (TPSA) is 84.9 Å². The molecule has 1 atom stereocenters. The molecule has 1 N–H and O–H groups in total. The van der Waals surface area contributed by atoms with Crippen molar-refractivity contribution in [2.24, 2.45) is 0 Å². The molecule has 0 aliphatic heterocycles. The molecule has 2 aromatic rings. The quantitative estimate of drug-likeness (QED) is 0.581. The van der Waals surface area contributed by atoms with Crippen molar-refractivity contribution in [2.45, 2.75) is 33.2 Å². The van der Waals surface area contributed by atoms with Crippen LogP contribution in [0.5, 0.6) is 11.5 Å². The first-order chi connectivity index (χ1) is 14.2. The van der Waals surface area contributed by atoms with Crippen LogP contribution in [0.4, 0.5) is 5.69 Å². The molecule has 0 saturated heterocycles. The van der Waals surface area contributed by atoms with Gasteiger partial charge in [-0.2, -0.15) is 0 Å². The number of benzene rings is 2. The van der Waals surface area contributed by atoms with Gasteiger partial charge in [0.15, 0.2) is 0 Å². The van der Waals surface area contributed by atoms with Gasteiger partial charge >= 0.3 is 0 Å². The Bertz CT molecular complexity index is 938. The van der Waals surface area contributed by atoms with E-state index in [-0.39, 0.29) is 19.1 Å². The second-order valence-corrected chi connectivity index (χ2v) is 9.00. The number of hydrogen-bond donors (Lipinski definition) is 1. The first-order valence-corrected chi connectivity index (χ1v) is 11.6. The number of carbonyl (C=O) groups is 1. The smallest absolute Gasteiger partial charge is 0.244 e. The van der Waals surface area contributed by atoms with Crippen LogP contribution in [0.1, 0.15) is 24.5 Å². The van der Waals surface area contributed by atoms with Gasteiger partial charge in [-0.3, -0.25) is 9.10 Å². The molecule has 0 unspecified atom stereocenters. The minimum Gasteiger partial charge on any atom is -0.497 e. The van der Waals surface area contributed by atoms with Crippen molar-refractivity contribution in [3.05, 3.63) is 53.6 Å². The van der Waals surface area contributed by atoms with E-state index in [0.29, 0.717) is 17.9 Å². The third kappa shape index (κ3) is 6.38. The fourth-order valence-electron chi connectivity index (χ4n) is 3.27. The largest absolute Gasteiger partial charge is 0.497 e. The van der Waals surface area contributed by atoms with Crippen LogP contribution in [0.25, 0.3) is 0 Å². The molecule has 0 aliphatic rings. The lowest BCUT2D eigenvalue weighted by Crippen LogP contribution is -2.50. The van der Waals surface area contributed by atoms with Crippen molar-refractivity contribution in [3.63, 3.8) is 0 Å². The summed E-state index contributed by atoms with van der Waals surface area (Å²) < 4.78 is 36.9. The van der Waals surface area contributed by atoms with Gasteiger partial charge in [0.1, 0.15) is 24.1 Å². The molecule has 1 amide bonds. The summed E-state index contributed by atoms with van der Waals surface area (Å²) in [7, 11) is -2.14. The Morgan fingerprint density at radius 1 is 1.07 bits per heavy atom. The van der Waals surface area contributed by atoms with E-state index in [0.717, 1.165) is 27.4 Å². The molecule has 30 heavy (non-hydrogen) atoms. The zero-order valence-electron chi connectivity index (χ0n) is 18.1. The van der Waals surface area contributed by atoms with Gasteiger partial charge in [0.2, 0.25) is 15.9 Å². The van der Waals surface area contributed by atoms with Crippen LogP contribution in [0.3, 0.4) is 0 Å². The fourth-order valence-corrected chi connectivity index (χ4v) is 4.48. The van der Waals surface area contributed by atoms with Crippen molar-refractivity contribution in [1.82, 2.24) is 5.32 Å². The summed E-state index contributed by atoms with van der Waals surface area (Å²) in [4.78, 5) is 12.8. The molecule has 0 radical (unpaired) electrons. The lowest BCUT2D eigenvalue weighted by Gasteiger charge is -2.30. The molecule has 2 aromatic carbocycles. The molecule has 0 spiro atoms. The average Bonchev–Trinajstić information content (AvgIpc) is 2.67. The van der Waals surface area contributed by atoms with Gasteiger partial charge < -0.3 is 14.8 Å². The minimum atomic E-state index is -3.68. The number of carbonyl (C=O) groups excluding carboxylic acids is 1. The van der Waals surface area contributed by atoms with Gasteiger partial charge in [-0.1, -0.05) is 13.0 Å². The van der Waals surface area contributed by atoms with E-state index in [4.69, 9.17) is 9.47 Å². The van der Waals surface area contributed by atoms with Gasteiger partial charge in [0.25, 0.3) is 0 Å². The summed E-state index contributed by atoms with van der Waals surface area (Å²) in [6.45, 7) is 6.31. The van der Waals surface area contributed by atoms with Gasteiger partial charge in [0.05, 0.1) is 25.6 Å². The first-order valence-electron chi connectivity index (χ1n) is 9.78. The SMILES string of the molecule is CC[C@@H](C(=O)NCCOc1cc(C)cc(C)c1)N(c1ccc(OC)cc1)S(C)(=O)=O. The number of anilines is 1. The molecule has 0 aliphatic carbocycles.